The Morgan fingerprint density at radius 1 is 0.660 bits per heavy atom. The van der Waals surface area contributed by atoms with Gasteiger partial charge in [0.2, 0.25) is 0 Å². The molecular formula is C41H34Cl3FN4O4. The molecule has 0 bridgehead atoms. The van der Waals surface area contributed by atoms with Crippen LogP contribution in [0.4, 0.5) is 10.2 Å². The van der Waals surface area contributed by atoms with Crippen LogP contribution in [-0.2, 0) is 9.47 Å². The van der Waals surface area contributed by atoms with Crippen LogP contribution in [0.1, 0.15) is 33.2 Å². The molecule has 1 N–H and O–H groups in total. The second kappa shape index (κ2) is 16.3. The highest BCUT2D eigenvalue weighted by Crippen LogP contribution is 2.46. The lowest BCUT2D eigenvalue weighted by Crippen LogP contribution is -2.37. The molecule has 2 aliphatic heterocycles. The molecule has 4 aliphatic rings. The number of alkyl halides is 1. The Morgan fingerprint density at radius 3 is 1.68 bits per heavy atom. The molecule has 6 aromatic rings. The molecule has 0 radical (unpaired) electrons. The van der Waals surface area contributed by atoms with E-state index in [1.807, 2.05) is 66.7 Å². The van der Waals surface area contributed by atoms with Crippen molar-refractivity contribution >= 4 is 74.0 Å². The van der Waals surface area contributed by atoms with E-state index in [0.717, 1.165) is 89.3 Å². The van der Waals surface area contributed by atoms with E-state index in [1.54, 1.807) is 18.2 Å². The number of nitrogens with zero attached hydrogens (tertiary/aromatic N) is 3. The fraction of sp³-hybridized carbons (Fsp3) is 0.220. The van der Waals surface area contributed by atoms with Crippen molar-refractivity contribution in [1.29, 1.82) is 0 Å². The number of fused-ring (bicyclic) bond motifs is 10. The molecule has 8 nitrogen and oxygen atoms in total. The maximum Gasteiger partial charge on any atom is 0.195 e. The number of hydrogen-bond donors (Lipinski definition) is 1. The molecule has 10 rings (SSSR count). The predicted molar refractivity (Wildman–Crippen MR) is 210 cm³/mol. The van der Waals surface area contributed by atoms with Gasteiger partial charge in [-0.2, -0.15) is 0 Å². The van der Waals surface area contributed by atoms with Crippen molar-refractivity contribution in [2.45, 2.75) is 0 Å². The second-order valence-electron chi connectivity index (χ2n) is 12.4. The van der Waals surface area contributed by atoms with Crippen LogP contribution in [0.3, 0.4) is 0 Å². The van der Waals surface area contributed by atoms with Gasteiger partial charge in [-0.05, 0) is 47.5 Å². The maximum atomic E-state index is 13.2. The minimum Gasteiger partial charge on any atom is -0.379 e. The van der Waals surface area contributed by atoms with Gasteiger partial charge in [-0.25, -0.2) is 9.97 Å². The molecule has 53 heavy (non-hydrogen) atoms. The van der Waals surface area contributed by atoms with E-state index < -0.39 is 7.15 Å². The number of anilines is 1. The van der Waals surface area contributed by atoms with Gasteiger partial charge in [-0.15, -0.1) is 0 Å². The van der Waals surface area contributed by atoms with Gasteiger partial charge in [0.15, 0.2) is 11.6 Å². The number of aromatic nitrogens is 2. The van der Waals surface area contributed by atoms with Crippen LogP contribution < -0.4 is 10.2 Å². The standard InChI is InChI=1S/C20H15ClN2O2.C16H7Cl2NO.C4H9NO.CH3F/c21-12-5-6-13-15(11-12)19(24)17-14-3-1-2-4-16(14)22-20(18(13)17)23-7-9-25-10-8-23;17-8-5-6-9-11(7-8)15(20)13-10-3-1-2-4-12(10)19-16(18)14(9)13;1-3-6-4-2-5-1;1-2/h1-6,11H,7-10H2;1-7H;5H,1-4H2;1H3/i;;;1D. The summed E-state index contributed by atoms with van der Waals surface area (Å²) in [6, 6.07) is 26.1. The van der Waals surface area contributed by atoms with E-state index in [-0.39, 0.29) is 11.6 Å². The summed E-state index contributed by atoms with van der Waals surface area (Å²) in [6.07, 6.45) is 0. The highest BCUT2D eigenvalue weighted by molar-refractivity contribution is 6.39. The van der Waals surface area contributed by atoms with Crippen molar-refractivity contribution in [3.8, 4) is 22.3 Å². The van der Waals surface area contributed by atoms with Crippen LogP contribution >= 0.6 is 34.8 Å². The van der Waals surface area contributed by atoms with Crippen LogP contribution in [-0.4, -0.2) is 81.3 Å². The zero-order valence-corrected chi connectivity index (χ0v) is 30.7. The smallest absolute Gasteiger partial charge is 0.195 e. The third kappa shape index (κ3) is 7.13. The topological polar surface area (TPSA) is 93.6 Å². The number of hydrogen-bond acceptors (Lipinski definition) is 8. The van der Waals surface area contributed by atoms with E-state index in [4.69, 9.17) is 50.6 Å². The normalized spacial score (nSPS) is 15.5. The molecule has 4 aromatic carbocycles. The van der Waals surface area contributed by atoms with Gasteiger partial charge < -0.3 is 19.7 Å². The number of nitrogens with one attached hydrogen (secondary N) is 1. The third-order valence-corrected chi connectivity index (χ3v) is 10.1. The van der Waals surface area contributed by atoms with Gasteiger partial charge in [0.25, 0.3) is 0 Å². The number of carbonyl (C=O) groups is 2. The largest absolute Gasteiger partial charge is 0.379 e. The Morgan fingerprint density at radius 2 is 1.15 bits per heavy atom. The Labute approximate surface area is 322 Å². The van der Waals surface area contributed by atoms with Crippen molar-refractivity contribution < 1.29 is 24.8 Å². The molecule has 0 saturated carbocycles. The molecule has 0 atom stereocenters. The van der Waals surface area contributed by atoms with E-state index >= 15 is 0 Å². The van der Waals surface area contributed by atoms with Crippen LogP contribution in [0.25, 0.3) is 44.1 Å². The van der Waals surface area contributed by atoms with Crippen molar-refractivity contribution in [1.82, 2.24) is 15.3 Å². The van der Waals surface area contributed by atoms with Crippen LogP contribution in [0.2, 0.25) is 15.2 Å². The summed E-state index contributed by atoms with van der Waals surface area (Å²) < 4.78 is 26.0. The zero-order valence-electron chi connectivity index (χ0n) is 29.4. The predicted octanol–water partition coefficient (Wildman–Crippen LogP) is 8.88. The zero-order chi connectivity index (χ0) is 37.8. The molecule has 2 aliphatic carbocycles. The van der Waals surface area contributed by atoms with Gasteiger partial charge in [0, 0.05) is 80.4 Å². The molecule has 0 amide bonds. The van der Waals surface area contributed by atoms with Crippen molar-refractivity contribution in [3.05, 3.63) is 122 Å². The summed E-state index contributed by atoms with van der Waals surface area (Å²) in [6.45, 7) is 6.72. The van der Waals surface area contributed by atoms with Crippen LogP contribution in [0.5, 0.6) is 0 Å². The molecule has 0 spiro atoms. The van der Waals surface area contributed by atoms with Crippen LogP contribution in [0.15, 0.2) is 84.9 Å². The Bertz CT molecular complexity index is 2380. The fourth-order valence-corrected chi connectivity index (χ4v) is 7.62. The third-order valence-electron chi connectivity index (χ3n) is 9.32. The van der Waals surface area contributed by atoms with Gasteiger partial charge in [-0.1, -0.05) is 83.3 Å². The number of benzene rings is 4. The van der Waals surface area contributed by atoms with Crippen molar-refractivity contribution in [3.63, 3.8) is 0 Å². The van der Waals surface area contributed by atoms with Gasteiger partial charge in [-0.3, -0.25) is 14.0 Å². The highest BCUT2D eigenvalue weighted by Gasteiger charge is 2.34. The SMILES string of the molecule is C1COCCN1.O=C1c2cc(Cl)ccc2-c2c(Cl)nc3ccccc3c21.O=C1c2cc(Cl)ccc2-c2c(N3CCOCC3)nc3ccccc3c21.[2H]CF. The van der Waals surface area contributed by atoms with E-state index in [1.165, 1.54) is 0 Å². The molecule has 270 valence electrons. The Balaban J connectivity index is 0.000000138. The minimum atomic E-state index is -1.00. The van der Waals surface area contributed by atoms with Gasteiger partial charge in [0.05, 0.1) is 46.0 Å². The summed E-state index contributed by atoms with van der Waals surface area (Å²) in [4.78, 5) is 37.3. The molecule has 2 fully saturated rings. The number of para-hydroxylation sites is 2. The van der Waals surface area contributed by atoms with Crippen molar-refractivity contribution in [2.24, 2.45) is 0 Å². The van der Waals surface area contributed by atoms with Gasteiger partial charge in [0.1, 0.15) is 11.0 Å². The molecule has 4 heterocycles. The maximum absolute atomic E-state index is 13.2. The number of ketones is 2. The minimum absolute atomic E-state index is 0.0283. The van der Waals surface area contributed by atoms with E-state index in [2.05, 4.69) is 15.2 Å². The number of pyridine rings is 2. The summed E-state index contributed by atoms with van der Waals surface area (Å²) >= 11 is 18.4. The lowest BCUT2D eigenvalue weighted by molar-refractivity contribution is 0.103. The fourth-order valence-electron chi connectivity index (χ4n) is 6.99. The highest BCUT2D eigenvalue weighted by atomic mass is 35.5. The van der Waals surface area contributed by atoms with Crippen LogP contribution in [0, 0.1) is 0 Å². The van der Waals surface area contributed by atoms with E-state index in [0.29, 0.717) is 50.7 Å². The van der Waals surface area contributed by atoms with Crippen molar-refractivity contribution in [2.75, 3.05) is 64.7 Å². The summed E-state index contributed by atoms with van der Waals surface area (Å²) in [5.41, 5.74) is 7.55. The quantitative estimate of drug-likeness (QED) is 0.166. The Hall–Kier alpha value is -4.48. The average Bonchev–Trinajstić information content (AvgIpc) is 3.67. The summed E-state index contributed by atoms with van der Waals surface area (Å²) in [5, 5.41) is 6.35. The Kier molecular flexibility index (Phi) is 10.9. The molecule has 0 unspecified atom stereocenters. The number of ether oxygens (including phenoxy) is 2. The van der Waals surface area contributed by atoms with E-state index in [9.17, 15) is 14.0 Å². The van der Waals surface area contributed by atoms with Gasteiger partial charge >= 0.3 is 0 Å². The molecule has 12 heteroatoms. The average molecular weight is 773 g/mol. The summed E-state index contributed by atoms with van der Waals surface area (Å²) in [5.74, 6) is 0.852. The lowest BCUT2D eigenvalue weighted by atomic mass is 10.0. The number of halogens is 4. The first-order valence-electron chi connectivity index (χ1n) is 17.7. The molecule has 2 saturated heterocycles. The number of morpholine rings is 2. The molecular weight excluding hydrogens is 738 g/mol. The lowest BCUT2D eigenvalue weighted by Gasteiger charge is -2.30. The molecule has 2 aromatic heterocycles. The monoisotopic (exact) mass is 771 g/mol. The first-order valence-corrected chi connectivity index (χ1v) is 18.1. The first kappa shape index (κ1) is 35.5. The first-order chi connectivity index (χ1) is 26.3. The number of carbonyl (C=O) groups excluding carboxylic acids is 2. The number of rotatable bonds is 1. The second-order valence-corrected chi connectivity index (χ2v) is 13.6. The summed E-state index contributed by atoms with van der Waals surface area (Å²) in [7, 11) is -1.00.